The van der Waals surface area contributed by atoms with Crippen molar-refractivity contribution in [3.63, 3.8) is 0 Å². The van der Waals surface area contributed by atoms with Gasteiger partial charge in [0.05, 0.1) is 16.8 Å². The molecular formula is C25H25FN6O. The molecule has 7 nitrogen and oxygen atoms in total. The molecule has 5 rings (SSSR count). The van der Waals surface area contributed by atoms with Crippen LogP contribution in [0.5, 0.6) is 0 Å². The first-order valence-electron chi connectivity index (χ1n) is 11.0. The van der Waals surface area contributed by atoms with E-state index in [1.165, 1.54) is 12.1 Å². The first-order valence-corrected chi connectivity index (χ1v) is 11.0. The Bertz CT molecular complexity index is 1320. The van der Waals surface area contributed by atoms with Crippen molar-refractivity contribution in [1.82, 2.24) is 24.6 Å². The number of fused-ring (bicyclic) bond motifs is 1. The Morgan fingerprint density at radius 3 is 2.21 bits per heavy atom. The first-order chi connectivity index (χ1) is 15.9. The summed E-state index contributed by atoms with van der Waals surface area (Å²) >= 11 is 0. The van der Waals surface area contributed by atoms with Crippen molar-refractivity contribution in [2.24, 2.45) is 0 Å². The Morgan fingerprint density at radius 1 is 0.879 bits per heavy atom. The second-order valence-corrected chi connectivity index (χ2v) is 8.41. The number of hydrogen-bond donors (Lipinski definition) is 0. The number of nitrogens with zero attached hydrogens (tertiary/aromatic N) is 6. The molecule has 8 heteroatoms. The highest BCUT2D eigenvalue weighted by Crippen LogP contribution is 2.29. The zero-order valence-corrected chi connectivity index (χ0v) is 18.9. The molecule has 0 unspecified atom stereocenters. The van der Waals surface area contributed by atoms with Crippen molar-refractivity contribution in [1.29, 1.82) is 0 Å². The second-order valence-electron chi connectivity index (χ2n) is 8.41. The van der Waals surface area contributed by atoms with E-state index >= 15 is 0 Å². The molecule has 0 spiro atoms. The van der Waals surface area contributed by atoms with E-state index < -0.39 is 0 Å². The Labute approximate surface area is 191 Å². The van der Waals surface area contributed by atoms with Gasteiger partial charge >= 0.3 is 0 Å². The van der Waals surface area contributed by atoms with Crippen LogP contribution >= 0.6 is 0 Å². The van der Waals surface area contributed by atoms with E-state index in [0.29, 0.717) is 43.2 Å². The lowest BCUT2D eigenvalue weighted by Gasteiger charge is -2.35. The summed E-state index contributed by atoms with van der Waals surface area (Å²) in [6, 6.07) is 13.9. The van der Waals surface area contributed by atoms with E-state index in [4.69, 9.17) is 4.98 Å². The number of carbonyl (C=O) groups is 1. The lowest BCUT2D eigenvalue weighted by molar-refractivity contribution is 0.0746. The molecule has 2 aromatic heterocycles. The average Bonchev–Trinajstić information content (AvgIpc) is 3.15. The highest BCUT2D eigenvalue weighted by atomic mass is 19.1. The van der Waals surface area contributed by atoms with Crippen LogP contribution in [-0.2, 0) is 0 Å². The second kappa shape index (κ2) is 8.27. The standard InChI is InChI=1S/C25H25FN6O/c1-16-4-6-19(7-5-16)25(33)31-14-12-30(13-15-31)23-22-17(2)29-32(24(22)28-18(3)27-23)21-10-8-20(26)9-11-21/h4-11H,12-15H2,1-3H3. The fourth-order valence-electron chi connectivity index (χ4n) is 4.26. The fraction of sp³-hybridized carbons (Fsp3) is 0.280. The van der Waals surface area contributed by atoms with Crippen molar-refractivity contribution >= 4 is 22.8 Å². The van der Waals surface area contributed by atoms with Gasteiger partial charge in [0, 0.05) is 31.7 Å². The predicted octanol–water partition coefficient (Wildman–Crippen LogP) is 3.84. The number of aromatic nitrogens is 4. The first kappa shape index (κ1) is 21.1. The summed E-state index contributed by atoms with van der Waals surface area (Å²) in [5.41, 5.74) is 4.09. The molecular weight excluding hydrogens is 419 g/mol. The summed E-state index contributed by atoms with van der Waals surface area (Å²) < 4.78 is 15.2. The third-order valence-corrected chi connectivity index (χ3v) is 6.03. The van der Waals surface area contributed by atoms with Crippen molar-refractivity contribution in [3.05, 3.63) is 77.0 Å². The van der Waals surface area contributed by atoms with Gasteiger partial charge in [-0.25, -0.2) is 19.0 Å². The number of carbonyl (C=O) groups excluding carboxylic acids is 1. The number of amides is 1. The van der Waals surface area contributed by atoms with E-state index in [1.54, 1.807) is 16.8 Å². The van der Waals surface area contributed by atoms with Crippen LogP contribution < -0.4 is 4.90 Å². The molecule has 2 aromatic carbocycles. The maximum Gasteiger partial charge on any atom is 0.253 e. The summed E-state index contributed by atoms with van der Waals surface area (Å²) in [6.07, 6.45) is 0. The number of hydrogen-bond acceptors (Lipinski definition) is 5. The smallest absolute Gasteiger partial charge is 0.253 e. The van der Waals surface area contributed by atoms with Crippen LogP contribution in [0.1, 0.15) is 27.4 Å². The number of anilines is 1. The minimum Gasteiger partial charge on any atom is -0.352 e. The molecule has 4 aromatic rings. The van der Waals surface area contributed by atoms with Gasteiger partial charge in [-0.1, -0.05) is 17.7 Å². The molecule has 168 valence electrons. The maximum absolute atomic E-state index is 13.4. The zero-order chi connectivity index (χ0) is 23.1. The number of rotatable bonds is 3. The van der Waals surface area contributed by atoms with Crippen LogP contribution in [0, 0.1) is 26.6 Å². The molecule has 0 saturated carbocycles. The monoisotopic (exact) mass is 444 g/mol. The Morgan fingerprint density at radius 2 is 1.55 bits per heavy atom. The topological polar surface area (TPSA) is 67.2 Å². The molecule has 3 heterocycles. The normalized spacial score (nSPS) is 14.2. The van der Waals surface area contributed by atoms with Gasteiger partial charge in [-0.2, -0.15) is 5.10 Å². The van der Waals surface area contributed by atoms with Gasteiger partial charge in [-0.15, -0.1) is 0 Å². The molecule has 1 aliphatic rings. The van der Waals surface area contributed by atoms with Crippen LogP contribution in [0.3, 0.4) is 0 Å². The van der Waals surface area contributed by atoms with E-state index in [0.717, 1.165) is 28.1 Å². The molecule has 0 atom stereocenters. The highest BCUT2D eigenvalue weighted by molar-refractivity contribution is 5.95. The fourth-order valence-corrected chi connectivity index (χ4v) is 4.26. The van der Waals surface area contributed by atoms with E-state index in [-0.39, 0.29) is 11.7 Å². The number of piperazine rings is 1. The lowest BCUT2D eigenvalue weighted by Crippen LogP contribution is -2.49. The Hall–Kier alpha value is -3.81. The molecule has 0 bridgehead atoms. The SMILES string of the molecule is Cc1ccc(C(=O)N2CCN(c3nc(C)nc4c3c(C)nn4-c3ccc(F)cc3)CC2)cc1. The largest absolute Gasteiger partial charge is 0.352 e. The highest BCUT2D eigenvalue weighted by Gasteiger charge is 2.26. The number of aryl methyl sites for hydroxylation is 3. The van der Waals surface area contributed by atoms with Gasteiger partial charge in [-0.05, 0) is 57.2 Å². The third kappa shape index (κ3) is 3.92. The van der Waals surface area contributed by atoms with Crippen molar-refractivity contribution < 1.29 is 9.18 Å². The van der Waals surface area contributed by atoms with Crippen molar-refractivity contribution in [3.8, 4) is 5.69 Å². The van der Waals surface area contributed by atoms with Crippen LogP contribution in [0.2, 0.25) is 0 Å². The summed E-state index contributed by atoms with van der Waals surface area (Å²) in [5.74, 6) is 1.22. The van der Waals surface area contributed by atoms with Crippen LogP contribution in [-0.4, -0.2) is 56.7 Å². The summed E-state index contributed by atoms with van der Waals surface area (Å²) in [6.45, 7) is 8.37. The average molecular weight is 445 g/mol. The quantitative estimate of drug-likeness (QED) is 0.480. The number of benzene rings is 2. The number of halogens is 1. The molecule has 0 radical (unpaired) electrons. The van der Waals surface area contributed by atoms with Gasteiger partial charge in [0.15, 0.2) is 5.65 Å². The summed E-state index contributed by atoms with van der Waals surface area (Å²) in [5, 5.41) is 5.55. The van der Waals surface area contributed by atoms with Crippen LogP contribution in [0.4, 0.5) is 10.2 Å². The van der Waals surface area contributed by atoms with E-state index in [1.807, 2.05) is 49.9 Å². The molecule has 1 amide bonds. The van der Waals surface area contributed by atoms with Crippen molar-refractivity contribution in [2.45, 2.75) is 20.8 Å². The molecule has 1 aliphatic heterocycles. The van der Waals surface area contributed by atoms with Gasteiger partial charge in [0.1, 0.15) is 17.5 Å². The molecule has 0 N–H and O–H groups in total. The summed E-state index contributed by atoms with van der Waals surface area (Å²) in [4.78, 5) is 26.4. The van der Waals surface area contributed by atoms with Crippen molar-refractivity contribution in [2.75, 3.05) is 31.1 Å². The van der Waals surface area contributed by atoms with Gasteiger partial charge in [-0.3, -0.25) is 4.79 Å². The molecule has 33 heavy (non-hydrogen) atoms. The van der Waals surface area contributed by atoms with E-state index in [9.17, 15) is 9.18 Å². The lowest BCUT2D eigenvalue weighted by atomic mass is 10.1. The van der Waals surface area contributed by atoms with Gasteiger partial charge in [0.2, 0.25) is 0 Å². The predicted molar refractivity (Wildman–Crippen MR) is 125 cm³/mol. The van der Waals surface area contributed by atoms with Crippen LogP contribution in [0.15, 0.2) is 48.5 Å². The Kier molecular flexibility index (Phi) is 5.28. The third-order valence-electron chi connectivity index (χ3n) is 6.03. The maximum atomic E-state index is 13.4. The molecule has 0 aliphatic carbocycles. The Balaban J connectivity index is 1.43. The summed E-state index contributed by atoms with van der Waals surface area (Å²) in [7, 11) is 0. The molecule has 1 saturated heterocycles. The zero-order valence-electron chi connectivity index (χ0n) is 18.9. The van der Waals surface area contributed by atoms with Gasteiger partial charge in [0.25, 0.3) is 5.91 Å². The minimum atomic E-state index is -0.295. The minimum absolute atomic E-state index is 0.0546. The van der Waals surface area contributed by atoms with Gasteiger partial charge < -0.3 is 9.80 Å². The van der Waals surface area contributed by atoms with E-state index in [2.05, 4.69) is 15.0 Å². The molecule has 1 fully saturated rings. The van der Waals surface area contributed by atoms with Crippen LogP contribution in [0.25, 0.3) is 16.7 Å².